The van der Waals surface area contributed by atoms with E-state index in [-0.39, 0.29) is 92.5 Å². The number of rotatable bonds is 33. The van der Waals surface area contributed by atoms with Crippen LogP contribution in [0.1, 0.15) is 90.8 Å². The highest BCUT2D eigenvalue weighted by atomic mass is 16.5. The van der Waals surface area contributed by atoms with Crippen LogP contribution >= 0.6 is 0 Å². The molecule has 3 fully saturated rings. The monoisotopic (exact) mass is 1090 g/mol. The van der Waals surface area contributed by atoms with E-state index in [9.17, 15) is 33.6 Å². The Labute approximate surface area is 459 Å². The van der Waals surface area contributed by atoms with Gasteiger partial charge in [0.05, 0.1) is 102 Å². The van der Waals surface area contributed by atoms with Crippen molar-refractivity contribution in [1.29, 1.82) is 0 Å². The number of nitrogens with zero attached hydrogens (tertiary/aromatic N) is 7. The Balaban J connectivity index is 0.954. The molecule has 11 atom stereocenters. The van der Waals surface area contributed by atoms with Crippen molar-refractivity contribution in [2.75, 3.05) is 81.0 Å². The first-order chi connectivity index (χ1) is 37.5. The minimum absolute atomic E-state index is 0.0122. The second kappa shape index (κ2) is 30.1. The van der Waals surface area contributed by atoms with Crippen LogP contribution in [0.25, 0.3) is 0 Å². The predicted octanol–water partition coefficient (Wildman–Crippen LogP) is 2.14. The smallest absolute Gasteiger partial charge is 0.253 e. The molecular weight excluding hydrogens is 1000 g/mol. The lowest BCUT2D eigenvalue weighted by Gasteiger charge is -2.41. The first-order valence-corrected chi connectivity index (χ1v) is 27.9. The normalized spacial score (nSPS) is 21.9. The van der Waals surface area contributed by atoms with Crippen molar-refractivity contribution < 1.29 is 57.2 Å². The number of aromatic nitrogens is 3. The van der Waals surface area contributed by atoms with E-state index in [1.807, 2.05) is 65.1 Å². The number of methoxy groups -OCH3 is 2. The standard InChI is InChI=1S/C56H86N10O12/c1-10-37(4)50(63(7)56(73)49(36(2)3)59-55(72)51-40-18-19-42(32-40)62(51)6)45(74-8)33-48(69)65-23-14-17-44(65)52(75-9)38(5)53(70)58-43(31-39-15-12-11-13-16-39)54(71)57-22-25-76-27-29-78-30-28-77-26-24-64-34-41(60-61-64)35-66-46(67)20-21-47(66)68/h11-13,15-16,20-21,34,36-38,40,42-45,49-52H,10,14,17-19,22-33,35H2,1-9H3,(H,57,71)(H,58,70)(H,59,72). The zero-order chi connectivity index (χ0) is 56.5. The van der Waals surface area contributed by atoms with Gasteiger partial charge in [-0.25, -0.2) is 4.68 Å². The van der Waals surface area contributed by atoms with Gasteiger partial charge in [0, 0.05) is 59.0 Å². The number of carbonyl (C=O) groups excluding carboxylic acids is 7. The minimum Gasteiger partial charge on any atom is -0.379 e. The number of benzene rings is 1. The fourth-order valence-electron chi connectivity index (χ4n) is 11.6. The van der Waals surface area contributed by atoms with Crippen LogP contribution < -0.4 is 16.0 Å². The number of likely N-dealkylation sites (tertiary alicyclic amines) is 2. The minimum atomic E-state index is -0.914. The third kappa shape index (κ3) is 16.2. The van der Waals surface area contributed by atoms with E-state index < -0.39 is 48.2 Å². The molecule has 1 aromatic heterocycles. The average Bonchev–Trinajstić information content (AvgIpc) is 4.31. The van der Waals surface area contributed by atoms with Crippen LogP contribution in [0, 0.1) is 23.7 Å². The summed E-state index contributed by atoms with van der Waals surface area (Å²) in [4.78, 5) is 101. The molecule has 6 rings (SSSR count). The lowest BCUT2D eigenvalue weighted by molar-refractivity contribution is -0.148. The van der Waals surface area contributed by atoms with Crippen LogP contribution in [0.15, 0.2) is 48.7 Å². The number of ether oxygens (including phenoxy) is 5. The van der Waals surface area contributed by atoms with Crippen molar-refractivity contribution in [3.8, 4) is 0 Å². The fourth-order valence-corrected chi connectivity index (χ4v) is 11.6. The molecule has 2 aromatic rings. The summed E-state index contributed by atoms with van der Waals surface area (Å²) in [5.41, 5.74) is 1.35. The molecule has 4 heterocycles. The Morgan fingerprint density at radius 2 is 1.53 bits per heavy atom. The second-order valence-corrected chi connectivity index (χ2v) is 21.6. The van der Waals surface area contributed by atoms with Crippen molar-refractivity contribution in [3.63, 3.8) is 0 Å². The summed E-state index contributed by atoms with van der Waals surface area (Å²) in [5, 5.41) is 17.1. The molecule has 432 valence electrons. The number of carbonyl (C=O) groups is 7. The van der Waals surface area contributed by atoms with E-state index in [2.05, 4.69) is 31.2 Å². The van der Waals surface area contributed by atoms with E-state index >= 15 is 0 Å². The molecule has 22 heteroatoms. The van der Waals surface area contributed by atoms with Crippen molar-refractivity contribution >= 4 is 41.4 Å². The zero-order valence-corrected chi connectivity index (χ0v) is 47.3. The summed E-state index contributed by atoms with van der Waals surface area (Å²) < 4.78 is 30.7. The Bertz CT molecular complexity index is 2320. The molecule has 3 aliphatic heterocycles. The van der Waals surface area contributed by atoms with E-state index in [1.165, 1.54) is 19.3 Å². The molecule has 1 saturated carbocycles. The highest BCUT2D eigenvalue weighted by Gasteiger charge is 2.49. The van der Waals surface area contributed by atoms with Gasteiger partial charge in [-0.15, -0.1) is 5.10 Å². The quantitative estimate of drug-likeness (QED) is 0.0685. The molecule has 2 saturated heterocycles. The first kappa shape index (κ1) is 61.6. The van der Waals surface area contributed by atoms with Gasteiger partial charge >= 0.3 is 0 Å². The molecule has 78 heavy (non-hydrogen) atoms. The lowest BCUT2D eigenvalue weighted by atomic mass is 9.89. The van der Waals surface area contributed by atoms with Gasteiger partial charge in [-0.05, 0) is 62.5 Å². The van der Waals surface area contributed by atoms with Crippen LogP contribution in [0.4, 0.5) is 0 Å². The Morgan fingerprint density at radius 1 is 0.846 bits per heavy atom. The molecule has 1 aromatic carbocycles. The molecule has 22 nitrogen and oxygen atoms in total. The highest BCUT2D eigenvalue weighted by molar-refractivity contribution is 6.12. The van der Waals surface area contributed by atoms with E-state index in [0.717, 1.165) is 36.1 Å². The molecule has 1 aliphatic carbocycles. The number of fused-ring (bicyclic) bond motifs is 2. The molecular formula is C56H86N10O12. The topological polar surface area (TPSA) is 245 Å². The van der Waals surface area contributed by atoms with Gasteiger partial charge in [0.1, 0.15) is 17.8 Å². The van der Waals surface area contributed by atoms with Gasteiger partial charge in [-0.1, -0.05) is 76.6 Å². The molecule has 3 N–H and O–H groups in total. The molecule has 11 unspecified atom stereocenters. The number of hydrogen-bond acceptors (Lipinski definition) is 15. The summed E-state index contributed by atoms with van der Waals surface area (Å²) >= 11 is 0. The third-order valence-electron chi connectivity index (χ3n) is 16.1. The molecule has 0 radical (unpaired) electrons. The molecule has 4 aliphatic rings. The van der Waals surface area contributed by atoms with E-state index in [1.54, 1.807) is 41.8 Å². The number of hydrogen-bond donors (Lipinski definition) is 3. The molecule has 7 amide bonds. The van der Waals surface area contributed by atoms with Crippen LogP contribution in [-0.2, 0) is 76.8 Å². The van der Waals surface area contributed by atoms with E-state index in [4.69, 9.17) is 23.7 Å². The summed E-state index contributed by atoms with van der Waals surface area (Å²) in [6.07, 6.45) is 8.12. The molecule has 2 bridgehead atoms. The van der Waals surface area contributed by atoms with Crippen molar-refractivity contribution in [2.45, 2.75) is 148 Å². The second-order valence-electron chi connectivity index (χ2n) is 21.6. The lowest BCUT2D eigenvalue weighted by Crippen LogP contribution is -2.60. The van der Waals surface area contributed by atoms with E-state index in [0.29, 0.717) is 70.0 Å². The molecule has 0 spiro atoms. The summed E-state index contributed by atoms with van der Waals surface area (Å²) in [6, 6.07) is 6.98. The Kier molecular flexibility index (Phi) is 23.7. The zero-order valence-electron chi connectivity index (χ0n) is 47.3. The number of likely N-dealkylation sites (N-methyl/N-ethyl adjacent to an activating group) is 2. The van der Waals surface area contributed by atoms with Crippen LogP contribution in [-0.4, -0.2) is 205 Å². The van der Waals surface area contributed by atoms with Crippen molar-refractivity contribution in [2.24, 2.45) is 23.7 Å². The third-order valence-corrected chi connectivity index (χ3v) is 16.1. The number of imide groups is 1. The van der Waals surface area contributed by atoms with Gasteiger partial charge < -0.3 is 49.4 Å². The maximum absolute atomic E-state index is 14.5. The summed E-state index contributed by atoms with van der Waals surface area (Å²) in [6.45, 7) is 12.7. The van der Waals surface area contributed by atoms with Gasteiger partial charge in [-0.2, -0.15) is 0 Å². The highest BCUT2D eigenvalue weighted by Crippen LogP contribution is 2.41. The van der Waals surface area contributed by atoms with Crippen molar-refractivity contribution in [3.05, 3.63) is 59.9 Å². The maximum Gasteiger partial charge on any atom is 0.253 e. The van der Waals surface area contributed by atoms with Crippen molar-refractivity contribution in [1.82, 2.24) is 50.5 Å². The average molecular weight is 1090 g/mol. The maximum atomic E-state index is 14.5. The van der Waals surface area contributed by atoms with Gasteiger partial charge in [-0.3, -0.25) is 43.4 Å². The Hall–Kier alpha value is -5.65. The Morgan fingerprint density at radius 3 is 2.15 bits per heavy atom. The summed E-state index contributed by atoms with van der Waals surface area (Å²) in [7, 11) is 6.84. The van der Waals surface area contributed by atoms with Crippen LogP contribution in [0.3, 0.4) is 0 Å². The van der Waals surface area contributed by atoms with Crippen LogP contribution in [0.2, 0.25) is 0 Å². The fraction of sp³-hybridized carbons (Fsp3) is 0.696. The number of nitrogens with one attached hydrogen (secondary N) is 3. The summed E-state index contributed by atoms with van der Waals surface area (Å²) in [5.74, 6) is -2.73. The SMILES string of the molecule is CCC(C)C(C(CC(=O)N1CCCC1C(OC)C(C)C(=O)NC(Cc1ccccc1)C(=O)NCCOCCOCCOCCn1cc(CN2C(=O)C=CC2=O)nn1)OC)N(C)C(=O)C(NC(=O)C1C2CCC(C2)N1C)C(C)C. The van der Waals surface area contributed by atoms with Gasteiger partial charge in [0.2, 0.25) is 29.5 Å². The first-order valence-electron chi connectivity index (χ1n) is 27.9. The number of piperidine rings is 1. The van der Waals surface area contributed by atoms with Crippen LogP contribution in [0.5, 0.6) is 0 Å². The largest absolute Gasteiger partial charge is 0.379 e. The predicted molar refractivity (Wildman–Crippen MR) is 288 cm³/mol. The van der Waals surface area contributed by atoms with Gasteiger partial charge in [0.25, 0.3) is 11.8 Å². The van der Waals surface area contributed by atoms with Gasteiger partial charge in [0.15, 0.2) is 0 Å². The number of amides is 7.